The molecule has 1 heterocycles. The molecule has 1 atom stereocenters. The fourth-order valence-electron chi connectivity index (χ4n) is 2.87. The molecule has 118 valence electrons. The maximum absolute atomic E-state index is 13.2. The van der Waals surface area contributed by atoms with Gasteiger partial charge in [-0.3, -0.25) is 9.69 Å². The molecule has 4 rings (SSSR count). The molecule has 1 aliphatic heterocycles. The first-order valence-electron chi connectivity index (χ1n) is 7.64. The number of hydrogen-bond donors (Lipinski definition) is 0. The molecular formula is C20H14BrNOS. The van der Waals surface area contributed by atoms with Gasteiger partial charge in [0.15, 0.2) is 0 Å². The second-order valence-corrected chi connectivity index (χ2v) is 7.57. The van der Waals surface area contributed by atoms with Crippen molar-refractivity contribution in [3.63, 3.8) is 0 Å². The predicted octanol–water partition coefficient (Wildman–Crippen LogP) is 5.90. The second-order valence-electron chi connectivity index (χ2n) is 5.53. The minimum absolute atomic E-state index is 0.0382. The van der Waals surface area contributed by atoms with E-state index in [-0.39, 0.29) is 11.3 Å². The van der Waals surface area contributed by atoms with Crippen LogP contribution in [-0.2, 0) is 0 Å². The Bertz CT molecular complexity index is 897. The number of hydrogen-bond acceptors (Lipinski definition) is 2. The first-order valence-corrected chi connectivity index (χ1v) is 9.31. The summed E-state index contributed by atoms with van der Waals surface area (Å²) < 4.78 is 0.962. The Balaban J connectivity index is 1.88. The molecule has 1 aliphatic rings. The van der Waals surface area contributed by atoms with Crippen molar-refractivity contribution >= 4 is 39.3 Å². The summed E-state index contributed by atoms with van der Waals surface area (Å²) in [6.07, 6.45) is 0. The van der Waals surface area contributed by atoms with E-state index < -0.39 is 0 Å². The molecule has 0 spiro atoms. The van der Waals surface area contributed by atoms with E-state index in [9.17, 15) is 4.79 Å². The van der Waals surface area contributed by atoms with E-state index in [1.54, 1.807) is 11.8 Å². The summed E-state index contributed by atoms with van der Waals surface area (Å²) in [4.78, 5) is 16.1. The third-order valence-corrected chi connectivity index (χ3v) is 5.79. The molecule has 4 heteroatoms. The van der Waals surface area contributed by atoms with E-state index in [4.69, 9.17) is 0 Å². The lowest BCUT2D eigenvalue weighted by molar-refractivity contribution is 0.0979. The van der Waals surface area contributed by atoms with Crippen LogP contribution in [0.5, 0.6) is 0 Å². The number of carbonyl (C=O) groups excluding carboxylic acids is 1. The van der Waals surface area contributed by atoms with Crippen molar-refractivity contribution < 1.29 is 4.79 Å². The van der Waals surface area contributed by atoms with Crippen LogP contribution in [0, 0.1) is 0 Å². The molecule has 1 amide bonds. The molecule has 3 aromatic rings. The van der Waals surface area contributed by atoms with E-state index in [0.717, 1.165) is 26.2 Å². The van der Waals surface area contributed by atoms with Gasteiger partial charge in [-0.15, -0.1) is 0 Å². The number of rotatable bonds is 2. The van der Waals surface area contributed by atoms with Gasteiger partial charge in [-0.2, -0.15) is 0 Å². The van der Waals surface area contributed by atoms with Crippen LogP contribution in [0.3, 0.4) is 0 Å². The average molecular weight is 396 g/mol. The fourth-order valence-corrected chi connectivity index (χ4v) is 4.55. The Morgan fingerprint density at radius 3 is 2.42 bits per heavy atom. The molecule has 0 aliphatic carbocycles. The van der Waals surface area contributed by atoms with Gasteiger partial charge in [0.1, 0.15) is 5.37 Å². The van der Waals surface area contributed by atoms with Gasteiger partial charge in [-0.1, -0.05) is 76.2 Å². The van der Waals surface area contributed by atoms with Gasteiger partial charge in [-0.25, -0.2) is 0 Å². The van der Waals surface area contributed by atoms with Crippen LogP contribution in [0.15, 0.2) is 88.2 Å². The highest BCUT2D eigenvalue weighted by Gasteiger charge is 2.34. The van der Waals surface area contributed by atoms with E-state index >= 15 is 0 Å². The van der Waals surface area contributed by atoms with E-state index in [0.29, 0.717) is 0 Å². The monoisotopic (exact) mass is 395 g/mol. The Kier molecular flexibility index (Phi) is 4.17. The number of anilines is 1. The van der Waals surface area contributed by atoms with Gasteiger partial charge in [0, 0.05) is 15.1 Å². The highest BCUT2D eigenvalue weighted by atomic mass is 79.9. The lowest BCUT2D eigenvalue weighted by atomic mass is 10.1. The summed E-state index contributed by atoms with van der Waals surface area (Å²) >= 11 is 5.22. The van der Waals surface area contributed by atoms with E-state index in [1.807, 2.05) is 71.6 Å². The minimum atomic E-state index is -0.0806. The molecule has 0 aromatic heterocycles. The molecule has 0 saturated carbocycles. The summed E-state index contributed by atoms with van der Waals surface area (Å²) in [5, 5.41) is -0.0806. The van der Waals surface area contributed by atoms with Crippen molar-refractivity contribution in [2.75, 3.05) is 4.90 Å². The molecule has 0 radical (unpaired) electrons. The summed E-state index contributed by atoms with van der Waals surface area (Å²) in [5.41, 5.74) is 2.77. The largest absolute Gasteiger partial charge is 0.291 e. The maximum atomic E-state index is 13.2. The van der Waals surface area contributed by atoms with Crippen LogP contribution in [0.1, 0.15) is 21.3 Å². The van der Waals surface area contributed by atoms with Crippen LogP contribution in [0.25, 0.3) is 0 Å². The number of fused-ring (bicyclic) bond motifs is 1. The van der Waals surface area contributed by atoms with Crippen molar-refractivity contribution in [3.05, 3.63) is 94.5 Å². The fraction of sp³-hybridized carbons (Fsp3) is 0.0500. The second kappa shape index (κ2) is 6.46. The molecular weight excluding hydrogens is 382 g/mol. The highest BCUT2D eigenvalue weighted by molar-refractivity contribution is 9.10. The van der Waals surface area contributed by atoms with Gasteiger partial charge in [0.05, 0.1) is 5.56 Å². The number of carbonyl (C=O) groups is 1. The summed E-state index contributed by atoms with van der Waals surface area (Å²) in [6, 6.07) is 25.9. The number of nitrogens with zero attached hydrogens (tertiary/aromatic N) is 1. The average Bonchev–Trinajstić information content (AvgIpc) is 2.62. The van der Waals surface area contributed by atoms with Gasteiger partial charge in [0.2, 0.25) is 0 Å². The molecule has 2 nitrogen and oxygen atoms in total. The summed E-state index contributed by atoms with van der Waals surface area (Å²) in [6.45, 7) is 0. The zero-order valence-electron chi connectivity index (χ0n) is 12.7. The van der Waals surface area contributed by atoms with Crippen molar-refractivity contribution in [2.24, 2.45) is 0 Å². The maximum Gasteiger partial charge on any atom is 0.260 e. The zero-order valence-corrected chi connectivity index (χ0v) is 15.1. The van der Waals surface area contributed by atoms with Gasteiger partial charge < -0.3 is 0 Å². The van der Waals surface area contributed by atoms with Crippen molar-refractivity contribution in [1.29, 1.82) is 0 Å². The van der Waals surface area contributed by atoms with Crippen molar-refractivity contribution in [1.82, 2.24) is 0 Å². The first kappa shape index (κ1) is 15.5. The van der Waals surface area contributed by atoms with Crippen LogP contribution >= 0.6 is 27.7 Å². The number of thioether (sulfide) groups is 1. The van der Waals surface area contributed by atoms with Gasteiger partial charge >= 0.3 is 0 Å². The lowest BCUT2D eigenvalue weighted by Crippen LogP contribution is -2.36. The van der Waals surface area contributed by atoms with E-state index in [2.05, 4.69) is 28.1 Å². The molecule has 0 unspecified atom stereocenters. The smallest absolute Gasteiger partial charge is 0.260 e. The lowest BCUT2D eigenvalue weighted by Gasteiger charge is -2.36. The zero-order chi connectivity index (χ0) is 16.5. The SMILES string of the molecule is O=C1c2ccccc2S[C@H](c2ccccc2)N1c1cccc(Br)c1. The molecule has 24 heavy (non-hydrogen) atoms. The third-order valence-electron chi connectivity index (χ3n) is 3.98. The van der Waals surface area contributed by atoms with Crippen LogP contribution in [-0.4, -0.2) is 5.91 Å². The molecule has 0 fully saturated rings. The first-order chi connectivity index (χ1) is 11.7. The molecule has 0 N–H and O–H groups in total. The van der Waals surface area contributed by atoms with Crippen LogP contribution in [0.4, 0.5) is 5.69 Å². The number of benzene rings is 3. The minimum Gasteiger partial charge on any atom is -0.291 e. The Hall–Kier alpha value is -2.04. The third kappa shape index (κ3) is 2.76. The van der Waals surface area contributed by atoms with Gasteiger partial charge in [0.25, 0.3) is 5.91 Å². The van der Waals surface area contributed by atoms with Crippen LogP contribution < -0.4 is 4.90 Å². The Labute approximate surface area is 153 Å². The molecule has 0 saturated heterocycles. The number of halogens is 1. The highest BCUT2D eigenvalue weighted by Crippen LogP contribution is 2.46. The normalized spacial score (nSPS) is 16.8. The summed E-state index contributed by atoms with van der Waals surface area (Å²) in [5.74, 6) is 0.0382. The van der Waals surface area contributed by atoms with Crippen LogP contribution in [0.2, 0.25) is 0 Å². The number of amides is 1. The Morgan fingerprint density at radius 1 is 0.875 bits per heavy atom. The molecule has 3 aromatic carbocycles. The van der Waals surface area contributed by atoms with Gasteiger partial charge in [-0.05, 0) is 35.9 Å². The standard InChI is InChI=1S/C20H14BrNOS/c21-15-9-6-10-16(13-15)22-19(23)17-11-4-5-12-18(17)24-20(22)14-7-2-1-3-8-14/h1-13,20H/t20-/m1/s1. The van der Waals surface area contributed by atoms with E-state index in [1.165, 1.54) is 0 Å². The summed E-state index contributed by atoms with van der Waals surface area (Å²) in [7, 11) is 0. The topological polar surface area (TPSA) is 20.3 Å². The predicted molar refractivity (Wildman–Crippen MR) is 102 cm³/mol. The molecule has 0 bridgehead atoms. The van der Waals surface area contributed by atoms with Crippen molar-refractivity contribution in [2.45, 2.75) is 10.3 Å². The quantitative estimate of drug-likeness (QED) is 0.538. The Morgan fingerprint density at radius 2 is 1.62 bits per heavy atom. The van der Waals surface area contributed by atoms with Crippen molar-refractivity contribution in [3.8, 4) is 0 Å².